The molecule has 0 aromatic heterocycles. The third-order valence-corrected chi connectivity index (χ3v) is 4.28. The molecule has 1 heterocycles. The molecule has 0 atom stereocenters. The van der Waals surface area contributed by atoms with Crippen molar-refractivity contribution in [2.24, 2.45) is 0 Å². The lowest BCUT2D eigenvalue weighted by atomic mass is 9.81. The molecule has 0 saturated carbocycles. The van der Waals surface area contributed by atoms with Gasteiger partial charge in [0.25, 0.3) is 0 Å². The van der Waals surface area contributed by atoms with E-state index in [1.54, 1.807) is 13.8 Å². The lowest BCUT2D eigenvalue weighted by Crippen LogP contribution is -2.22. The van der Waals surface area contributed by atoms with E-state index in [9.17, 15) is 5.11 Å². The van der Waals surface area contributed by atoms with Crippen LogP contribution in [0.15, 0.2) is 23.1 Å². The van der Waals surface area contributed by atoms with Gasteiger partial charge in [-0.2, -0.15) is 0 Å². The van der Waals surface area contributed by atoms with Gasteiger partial charge < -0.3 is 5.11 Å². The summed E-state index contributed by atoms with van der Waals surface area (Å²) >= 11 is 1.93. The normalized spacial score (nSPS) is 16.1. The molecule has 1 nitrogen and oxygen atoms in total. The molecular weight excluding hydrogens is 264 g/mol. The highest BCUT2D eigenvalue weighted by molar-refractivity contribution is 7.99. The van der Waals surface area contributed by atoms with E-state index in [2.05, 4.69) is 37.8 Å². The first-order valence-electron chi connectivity index (χ1n) is 7.31. The van der Waals surface area contributed by atoms with Crippen molar-refractivity contribution in [2.75, 3.05) is 5.75 Å². The second kappa shape index (κ2) is 6.70. The van der Waals surface area contributed by atoms with E-state index in [0.717, 1.165) is 5.56 Å². The SMILES string of the molecule is CC.CC(C)(O)C#Cc1ccc2c(c1)C(C)(C)CCS2. The Labute approximate surface area is 128 Å². The number of hydrogen-bond acceptors (Lipinski definition) is 2. The predicted octanol–water partition coefficient (Wildman–Crippen LogP) is 4.61. The second-order valence-corrected chi connectivity index (χ2v) is 7.14. The molecule has 0 fully saturated rings. The van der Waals surface area contributed by atoms with Gasteiger partial charge in [0.2, 0.25) is 0 Å². The van der Waals surface area contributed by atoms with E-state index >= 15 is 0 Å². The maximum Gasteiger partial charge on any atom is 0.120 e. The average Bonchev–Trinajstić information content (AvgIpc) is 2.38. The molecule has 0 amide bonds. The molecule has 0 bridgehead atoms. The summed E-state index contributed by atoms with van der Waals surface area (Å²) in [6.45, 7) is 12.0. The van der Waals surface area contributed by atoms with E-state index in [-0.39, 0.29) is 5.41 Å². The fourth-order valence-corrected chi connectivity index (χ4v) is 3.53. The van der Waals surface area contributed by atoms with Crippen molar-refractivity contribution in [1.29, 1.82) is 0 Å². The van der Waals surface area contributed by atoms with Gasteiger partial charge in [-0.3, -0.25) is 0 Å². The van der Waals surface area contributed by atoms with Crippen LogP contribution in [0.25, 0.3) is 0 Å². The van der Waals surface area contributed by atoms with Crippen molar-refractivity contribution < 1.29 is 5.11 Å². The Kier molecular flexibility index (Phi) is 5.74. The number of fused-ring (bicyclic) bond motifs is 1. The third kappa shape index (κ3) is 4.58. The average molecular weight is 290 g/mol. The van der Waals surface area contributed by atoms with Crippen molar-refractivity contribution in [3.05, 3.63) is 29.3 Å². The Balaban J connectivity index is 0.000000956. The number of hydrogen-bond donors (Lipinski definition) is 1. The van der Waals surface area contributed by atoms with Crippen molar-refractivity contribution in [1.82, 2.24) is 0 Å². The maximum absolute atomic E-state index is 9.64. The number of thioether (sulfide) groups is 1. The Bertz CT molecular complexity index is 512. The standard InChI is InChI=1S/C16H20OS.C2H6/c1-15(2)9-10-18-14-6-5-12(11-13(14)15)7-8-16(3,4)17;1-2/h5-6,11,17H,9-10H2,1-4H3;1-2H3. The number of rotatable bonds is 0. The molecule has 0 spiro atoms. The number of benzene rings is 1. The van der Waals surface area contributed by atoms with Crippen LogP contribution in [0.5, 0.6) is 0 Å². The Morgan fingerprint density at radius 1 is 1.25 bits per heavy atom. The topological polar surface area (TPSA) is 20.2 Å². The minimum absolute atomic E-state index is 0.229. The Morgan fingerprint density at radius 2 is 1.90 bits per heavy atom. The Morgan fingerprint density at radius 3 is 2.50 bits per heavy atom. The summed E-state index contributed by atoms with van der Waals surface area (Å²) in [6.07, 6.45) is 1.20. The molecule has 2 heteroatoms. The largest absolute Gasteiger partial charge is 0.378 e. The molecule has 20 heavy (non-hydrogen) atoms. The quantitative estimate of drug-likeness (QED) is 0.704. The first-order chi connectivity index (χ1) is 9.28. The van der Waals surface area contributed by atoms with Gasteiger partial charge in [-0.15, -0.1) is 11.8 Å². The van der Waals surface area contributed by atoms with Gasteiger partial charge in [0.1, 0.15) is 5.60 Å². The predicted molar refractivity (Wildman–Crippen MR) is 89.3 cm³/mol. The molecule has 0 saturated heterocycles. The van der Waals surface area contributed by atoms with Crippen LogP contribution in [0.4, 0.5) is 0 Å². The van der Waals surface area contributed by atoms with Gasteiger partial charge >= 0.3 is 0 Å². The van der Waals surface area contributed by atoms with Gasteiger partial charge in [0.05, 0.1) is 0 Å². The zero-order chi connectivity index (χ0) is 15.4. The van der Waals surface area contributed by atoms with Crippen LogP contribution in [-0.4, -0.2) is 16.5 Å². The monoisotopic (exact) mass is 290 g/mol. The van der Waals surface area contributed by atoms with Gasteiger partial charge in [0.15, 0.2) is 0 Å². The van der Waals surface area contributed by atoms with E-state index in [1.165, 1.54) is 22.6 Å². The first-order valence-corrected chi connectivity index (χ1v) is 8.29. The molecule has 0 aliphatic carbocycles. The molecule has 110 valence electrons. The summed E-state index contributed by atoms with van der Waals surface area (Å²) < 4.78 is 0. The summed E-state index contributed by atoms with van der Waals surface area (Å²) in [5.41, 5.74) is 1.68. The molecule has 1 aromatic carbocycles. The highest BCUT2D eigenvalue weighted by Gasteiger charge is 2.27. The molecule has 2 rings (SSSR count). The van der Waals surface area contributed by atoms with Crippen molar-refractivity contribution in [2.45, 2.75) is 63.9 Å². The summed E-state index contributed by atoms with van der Waals surface area (Å²) in [5, 5.41) is 9.64. The summed E-state index contributed by atoms with van der Waals surface area (Å²) in [4.78, 5) is 1.38. The highest BCUT2D eigenvalue weighted by atomic mass is 32.2. The van der Waals surface area contributed by atoms with Gasteiger partial charge in [-0.05, 0) is 55.2 Å². The van der Waals surface area contributed by atoms with Gasteiger partial charge in [0, 0.05) is 10.5 Å². The van der Waals surface area contributed by atoms with Crippen molar-refractivity contribution in [3.8, 4) is 11.8 Å². The van der Waals surface area contributed by atoms with Crippen LogP contribution in [0.1, 0.15) is 59.1 Å². The zero-order valence-corrected chi connectivity index (χ0v) is 14.3. The first kappa shape index (κ1) is 17.1. The molecular formula is C18H26OS. The lowest BCUT2D eigenvalue weighted by molar-refractivity contribution is 0.143. The smallest absolute Gasteiger partial charge is 0.120 e. The maximum atomic E-state index is 9.64. The molecule has 1 aliphatic rings. The summed E-state index contributed by atoms with van der Waals surface area (Å²) in [6, 6.07) is 6.39. The van der Waals surface area contributed by atoms with Crippen molar-refractivity contribution >= 4 is 11.8 Å². The van der Waals surface area contributed by atoms with E-state index in [1.807, 2.05) is 31.7 Å². The van der Waals surface area contributed by atoms with Crippen molar-refractivity contribution in [3.63, 3.8) is 0 Å². The van der Waals surface area contributed by atoms with E-state index < -0.39 is 5.60 Å². The summed E-state index contributed by atoms with van der Waals surface area (Å²) in [7, 11) is 0. The van der Waals surface area contributed by atoms with E-state index in [4.69, 9.17) is 0 Å². The fraction of sp³-hybridized carbons (Fsp3) is 0.556. The molecule has 0 radical (unpaired) electrons. The van der Waals surface area contributed by atoms with E-state index in [0.29, 0.717) is 0 Å². The van der Waals surface area contributed by atoms with Crippen LogP contribution in [0.2, 0.25) is 0 Å². The van der Waals surface area contributed by atoms with Crippen LogP contribution in [0, 0.1) is 11.8 Å². The minimum atomic E-state index is -0.930. The molecule has 0 unspecified atom stereocenters. The molecule has 1 aliphatic heterocycles. The third-order valence-electron chi connectivity index (χ3n) is 3.21. The highest BCUT2D eigenvalue weighted by Crippen LogP contribution is 2.41. The minimum Gasteiger partial charge on any atom is -0.378 e. The zero-order valence-electron chi connectivity index (χ0n) is 13.5. The van der Waals surface area contributed by atoms with Gasteiger partial charge in [-0.1, -0.05) is 39.5 Å². The molecule has 1 aromatic rings. The van der Waals surface area contributed by atoms with Crippen LogP contribution < -0.4 is 0 Å². The lowest BCUT2D eigenvalue weighted by Gasteiger charge is -2.32. The van der Waals surface area contributed by atoms with Gasteiger partial charge in [-0.25, -0.2) is 0 Å². The Hall–Kier alpha value is -0.910. The van der Waals surface area contributed by atoms with Crippen LogP contribution in [-0.2, 0) is 5.41 Å². The van der Waals surface area contributed by atoms with Crippen LogP contribution >= 0.6 is 11.8 Å². The fourth-order valence-electron chi connectivity index (χ4n) is 2.04. The molecule has 1 N–H and O–H groups in total. The van der Waals surface area contributed by atoms with Crippen LogP contribution in [0.3, 0.4) is 0 Å². The second-order valence-electron chi connectivity index (χ2n) is 6.00. The number of aliphatic hydroxyl groups is 1. The summed E-state index contributed by atoms with van der Waals surface area (Å²) in [5.74, 6) is 7.12.